The van der Waals surface area contributed by atoms with Gasteiger partial charge in [-0.3, -0.25) is 4.98 Å². The van der Waals surface area contributed by atoms with Gasteiger partial charge < -0.3 is 9.55 Å². The summed E-state index contributed by atoms with van der Waals surface area (Å²) < 4.78 is 16.6. The smallest absolute Gasteiger partial charge is 0.178 e. The van der Waals surface area contributed by atoms with Crippen molar-refractivity contribution in [1.82, 2.24) is 14.5 Å². The highest BCUT2D eigenvalue weighted by atomic mass is 79.9. The minimum absolute atomic E-state index is 0.0713. The number of nitrogens with one attached hydrogen (secondary N) is 1. The molecule has 0 bridgehead atoms. The lowest BCUT2D eigenvalue weighted by Crippen LogP contribution is -2.08. The van der Waals surface area contributed by atoms with Crippen LogP contribution in [0.5, 0.6) is 0 Å². The summed E-state index contributed by atoms with van der Waals surface area (Å²) in [5.74, 6) is -0.312. The van der Waals surface area contributed by atoms with Crippen molar-refractivity contribution in [3.8, 4) is 0 Å². The van der Waals surface area contributed by atoms with E-state index in [2.05, 4.69) is 25.9 Å². The average Bonchev–Trinajstić information content (AvgIpc) is 2.75. The summed E-state index contributed by atoms with van der Waals surface area (Å²) in [6.07, 6.45) is 1.74. The second kappa shape index (κ2) is 5.10. The molecule has 0 fully saturated rings. The van der Waals surface area contributed by atoms with Crippen molar-refractivity contribution in [2.75, 3.05) is 0 Å². The van der Waals surface area contributed by atoms with E-state index in [0.717, 1.165) is 16.7 Å². The monoisotopic (exact) mass is 351 g/mol. The highest BCUT2D eigenvalue weighted by Crippen LogP contribution is 2.27. The van der Waals surface area contributed by atoms with Gasteiger partial charge in [-0.25, -0.2) is 4.39 Å². The van der Waals surface area contributed by atoms with Crippen LogP contribution in [0.2, 0.25) is 0 Å². The quantitative estimate of drug-likeness (QED) is 0.684. The third-order valence-electron chi connectivity index (χ3n) is 3.26. The molecule has 3 rings (SSSR count). The summed E-state index contributed by atoms with van der Waals surface area (Å²) in [7, 11) is 0. The van der Waals surface area contributed by atoms with Gasteiger partial charge in [0, 0.05) is 12.3 Å². The molecule has 0 saturated heterocycles. The van der Waals surface area contributed by atoms with Crippen LogP contribution in [0.3, 0.4) is 0 Å². The largest absolute Gasteiger partial charge is 0.331 e. The molecule has 102 valence electrons. The number of rotatable bonds is 2. The summed E-state index contributed by atoms with van der Waals surface area (Å²) in [6, 6.07) is 8.82. The zero-order valence-corrected chi connectivity index (χ0v) is 13.0. The maximum atomic E-state index is 13.8. The number of fused-ring (bicyclic) bond motifs is 1. The fraction of sp³-hybridized carbons (Fsp3) is 0.143. The number of imidazole rings is 1. The summed E-state index contributed by atoms with van der Waals surface area (Å²) in [5, 5.41) is 0. The number of aromatic amines is 1. The fourth-order valence-electron chi connectivity index (χ4n) is 2.26. The number of halogens is 2. The van der Waals surface area contributed by atoms with E-state index >= 15 is 0 Å². The van der Waals surface area contributed by atoms with Crippen molar-refractivity contribution >= 4 is 39.2 Å². The summed E-state index contributed by atoms with van der Waals surface area (Å²) in [4.78, 5) is 7.44. The van der Waals surface area contributed by atoms with E-state index < -0.39 is 0 Å². The molecule has 0 saturated carbocycles. The molecule has 2 heterocycles. The topological polar surface area (TPSA) is 33.6 Å². The van der Waals surface area contributed by atoms with E-state index in [4.69, 9.17) is 12.2 Å². The molecule has 0 amide bonds. The SMILES string of the molecule is CC(c1ccccn1)n1c(=S)[nH]c2cc(Br)c(F)cc21. The lowest BCUT2D eigenvalue weighted by atomic mass is 10.2. The van der Waals surface area contributed by atoms with Crippen LogP contribution in [0.15, 0.2) is 41.0 Å². The van der Waals surface area contributed by atoms with Crippen LogP contribution in [0, 0.1) is 10.6 Å². The van der Waals surface area contributed by atoms with Crippen LogP contribution >= 0.6 is 28.1 Å². The lowest BCUT2D eigenvalue weighted by Gasteiger charge is -2.14. The van der Waals surface area contributed by atoms with Gasteiger partial charge in [-0.15, -0.1) is 0 Å². The van der Waals surface area contributed by atoms with E-state index in [0.29, 0.717) is 9.24 Å². The molecule has 1 atom stereocenters. The van der Waals surface area contributed by atoms with Crippen molar-refractivity contribution in [2.45, 2.75) is 13.0 Å². The minimum Gasteiger partial charge on any atom is -0.331 e. The Morgan fingerprint density at radius 2 is 2.20 bits per heavy atom. The Kier molecular flexibility index (Phi) is 3.43. The van der Waals surface area contributed by atoms with Crippen molar-refractivity contribution in [3.05, 3.63) is 57.3 Å². The van der Waals surface area contributed by atoms with Gasteiger partial charge in [-0.1, -0.05) is 6.07 Å². The molecule has 1 unspecified atom stereocenters. The minimum atomic E-state index is -0.312. The molecular formula is C14H11BrFN3S. The molecule has 1 aromatic carbocycles. The van der Waals surface area contributed by atoms with Crippen molar-refractivity contribution in [1.29, 1.82) is 0 Å². The zero-order chi connectivity index (χ0) is 14.3. The number of aromatic nitrogens is 3. The number of hydrogen-bond acceptors (Lipinski definition) is 2. The molecule has 0 aliphatic carbocycles. The maximum Gasteiger partial charge on any atom is 0.178 e. The van der Waals surface area contributed by atoms with Crippen LogP contribution < -0.4 is 0 Å². The summed E-state index contributed by atoms with van der Waals surface area (Å²) in [5.41, 5.74) is 2.41. The van der Waals surface area contributed by atoms with Crippen LogP contribution in [0.1, 0.15) is 18.7 Å². The standard InChI is InChI=1S/C14H11BrFN3S/c1-8(11-4-2-3-5-17-11)19-13-7-10(16)9(15)6-12(13)18-14(19)20/h2-8H,1H3,(H,18,20). The summed E-state index contributed by atoms with van der Waals surface area (Å²) in [6.45, 7) is 1.99. The Morgan fingerprint density at radius 1 is 1.40 bits per heavy atom. The van der Waals surface area contributed by atoms with Crippen LogP contribution in [-0.2, 0) is 0 Å². The second-order valence-corrected chi connectivity index (χ2v) is 5.76. The van der Waals surface area contributed by atoms with Crippen LogP contribution in [0.4, 0.5) is 4.39 Å². The zero-order valence-electron chi connectivity index (χ0n) is 10.6. The lowest BCUT2D eigenvalue weighted by molar-refractivity contribution is 0.612. The van der Waals surface area contributed by atoms with Crippen molar-refractivity contribution in [3.63, 3.8) is 0 Å². The summed E-state index contributed by atoms with van der Waals surface area (Å²) >= 11 is 8.54. The molecule has 20 heavy (non-hydrogen) atoms. The van der Waals surface area contributed by atoms with Gasteiger partial charge in [-0.2, -0.15) is 0 Å². The molecule has 0 aliphatic rings. The average molecular weight is 352 g/mol. The Balaban J connectivity index is 2.24. The number of pyridine rings is 1. The normalized spacial score (nSPS) is 12.8. The fourth-order valence-corrected chi connectivity index (χ4v) is 2.97. The van der Waals surface area contributed by atoms with E-state index in [1.165, 1.54) is 6.07 Å². The van der Waals surface area contributed by atoms with Gasteiger partial charge in [0.1, 0.15) is 5.82 Å². The van der Waals surface area contributed by atoms with Gasteiger partial charge in [-0.05, 0) is 53.3 Å². The molecule has 6 heteroatoms. The molecule has 1 N–H and O–H groups in total. The van der Waals surface area contributed by atoms with E-state index in [9.17, 15) is 4.39 Å². The van der Waals surface area contributed by atoms with Crippen LogP contribution in [-0.4, -0.2) is 14.5 Å². The molecule has 0 spiro atoms. The number of nitrogens with zero attached hydrogens (tertiary/aromatic N) is 2. The first-order valence-electron chi connectivity index (χ1n) is 6.08. The second-order valence-electron chi connectivity index (χ2n) is 4.51. The van der Waals surface area contributed by atoms with E-state index in [1.54, 1.807) is 12.3 Å². The number of H-pyrrole nitrogens is 1. The van der Waals surface area contributed by atoms with Gasteiger partial charge in [0.05, 0.1) is 27.2 Å². The van der Waals surface area contributed by atoms with Gasteiger partial charge in [0.25, 0.3) is 0 Å². The van der Waals surface area contributed by atoms with Gasteiger partial charge >= 0.3 is 0 Å². The molecule has 3 aromatic rings. The van der Waals surface area contributed by atoms with Gasteiger partial charge in [0.2, 0.25) is 0 Å². The maximum absolute atomic E-state index is 13.8. The van der Waals surface area contributed by atoms with E-state index in [-0.39, 0.29) is 11.9 Å². The molecule has 0 aliphatic heterocycles. The number of hydrogen-bond donors (Lipinski definition) is 1. The van der Waals surface area contributed by atoms with Crippen LogP contribution in [0.25, 0.3) is 11.0 Å². The Bertz CT molecular complexity index is 826. The van der Waals surface area contributed by atoms with Crippen molar-refractivity contribution < 1.29 is 4.39 Å². The predicted octanol–water partition coefficient (Wildman–Crippen LogP) is 4.60. The molecular weight excluding hydrogens is 341 g/mol. The highest BCUT2D eigenvalue weighted by molar-refractivity contribution is 9.10. The molecule has 2 aromatic heterocycles. The first-order chi connectivity index (χ1) is 9.58. The highest BCUT2D eigenvalue weighted by Gasteiger charge is 2.15. The number of benzene rings is 1. The van der Waals surface area contributed by atoms with Gasteiger partial charge in [0.15, 0.2) is 4.77 Å². The third-order valence-corrected chi connectivity index (χ3v) is 4.17. The van der Waals surface area contributed by atoms with Crippen molar-refractivity contribution in [2.24, 2.45) is 0 Å². The molecule has 3 nitrogen and oxygen atoms in total. The van der Waals surface area contributed by atoms with E-state index in [1.807, 2.05) is 29.7 Å². The third kappa shape index (κ3) is 2.19. The predicted molar refractivity (Wildman–Crippen MR) is 82.8 cm³/mol. The Morgan fingerprint density at radius 3 is 2.90 bits per heavy atom. The molecule has 0 radical (unpaired) electrons. The first-order valence-corrected chi connectivity index (χ1v) is 7.28. The Hall–Kier alpha value is -1.53. The first kappa shape index (κ1) is 13.5. The Labute approximate surface area is 128 Å².